The fourth-order valence-corrected chi connectivity index (χ4v) is 9.30. The summed E-state index contributed by atoms with van der Waals surface area (Å²) in [7, 11) is 0. The number of hydrogen-bond acceptors (Lipinski definition) is 4. The topological polar surface area (TPSA) is 36.9 Å². The van der Waals surface area contributed by atoms with Crippen LogP contribution in [0.2, 0.25) is 0 Å². The summed E-state index contributed by atoms with van der Waals surface area (Å²) in [4.78, 5) is 0. The highest BCUT2D eigenvalue weighted by Crippen LogP contribution is 2.38. The van der Waals surface area contributed by atoms with Gasteiger partial charge in [-0.1, -0.05) is 176 Å². The summed E-state index contributed by atoms with van der Waals surface area (Å²) in [5.74, 6) is 5.59. The highest BCUT2D eigenvalue weighted by atomic mass is 16.5. The van der Waals surface area contributed by atoms with E-state index in [1.807, 2.05) is 0 Å². The van der Waals surface area contributed by atoms with Crippen LogP contribution in [0.4, 0.5) is 0 Å². The summed E-state index contributed by atoms with van der Waals surface area (Å²) < 4.78 is 25.9. The molecule has 0 N–H and O–H groups in total. The molecule has 4 heteroatoms. The van der Waals surface area contributed by atoms with Gasteiger partial charge in [-0.15, -0.1) is 0 Å². The van der Waals surface area contributed by atoms with Gasteiger partial charge in [-0.25, -0.2) is 0 Å². The number of ether oxygens (including phenoxy) is 4. The van der Waals surface area contributed by atoms with Crippen LogP contribution >= 0.6 is 0 Å². The molecule has 2 fully saturated rings. The molecule has 2 saturated carbocycles. The zero-order valence-corrected chi connectivity index (χ0v) is 34.6. The summed E-state index contributed by atoms with van der Waals surface area (Å²) in [6.45, 7) is 7.15. The van der Waals surface area contributed by atoms with Gasteiger partial charge in [0.25, 0.3) is 0 Å². The molecule has 4 aromatic carbocycles. The van der Waals surface area contributed by atoms with Crippen LogP contribution in [-0.4, -0.2) is 13.2 Å². The second kappa shape index (κ2) is 23.6. The number of hydrogen-bond donors (Lipinski definition) is 0. The lowest BCUT2D eigenvalue weighted by Crippen LogP contribution is -2.18. The lowest BCUT2D eigenvalue weighted by atomic mass is 9.78. The van der Waals surface area contributed by atoms with Crippen LogP contribution in [0.1, 0.15) is 151 Å². The maximum atomic E-state index is 6.80. The van der Waals surface area contributed by atoms with Crippen LogP contribution in [0.5, 0.6) is 11.5 Å². The van der Waals surface area contributed by atoms with Gasteiger partial charge >= 0.3 is 0 Å². The zero-order chi connectivity index (χ0) is 38.6. The first kappa shape index (κ1) is 42.0. The first-order valence-corrected chi connectivity index (χ1v) is 22.4. The lowest BCUT2D eigenvalue weighted by molar-refractivity contribution is -0.0908. The summed E-state index contributed by atoms with van der Waals surface area (Å²) in [6.07, 6.45) is 21.1. The van der Waals surface area contributed by atoms with Gasteiger partial charge in [0.15, 0.2) is 0 Å². The predicted octanol–water partition coefficient (Wildman–Crippen LogP) is 14.4. The monoisotopic (exact) mass is 759 g/mol. The van der Waals surface area contributed by atoms with Crippen molar-refractivity contribution in [1.82, 2.24) is 0 Å². The Kier molecular flexibility index (Phi) is 17.7. The molecular weight excluding hydrogens is 689 g/mol. The van der Waals surface area contributed by atoms with Gasteiger partial charge in [-0.2, -0.15) is 0 Å². The van der Waals surface area contributed by atoms with Crippen molar-refractivity contribution in [3.8, 4) is 11.5 Å². The second-order valence-electron chi connectivity index (χ2n) is 16.9. The molecule has 0 bridgehead atoms. The molecule has 6 rings (SSSR count). The van der Waals surface area contributed by atoms with E-state index in [4.69, 9.17) is 18.9 Å². The molecule has 0 heterocycles. The molecule has 2 aliphatic rings. The van der Waals surface area contributed by atoms with Gasteiger partial charge in [0, 0.05) is 0 Å². The summed E-state index contributed by atoms with van der Waals surface area (Å²) in [5, 5.41) is 0. The van der Waals surface area contributed by atoms with Crippen molar-refractivity contribution in [2.45, 2.75) is 142 Å². The van der Waals surface area contributed by atoms with E-state index < -0.39 is 0 Å². The third-order valence-corrected chi connectivity index (χ3v) is 12.6. The first-order valence-electron chi connectivity index (χ1n) is 22.4. The Hall–Kier alpha value is -3.60. The van der Waals surface area contributed by atoms with E-state index in [1.54, 1.807) is 0 Å². The van der Waals surface area contributed by atoms with Crippen molar-refractivity contribution in [1.29, 1.82) is 0 Å². The Bertz CT molecular complexity index is 1470. The van der Waals surface area contributed by atoms with Gasteiger partial charge in [-0.05, 0) is 95.9 Å². The van der Waals surface area contributed by atoms with Crippen LogP contribution < -0.4 is 9.47 Å². The van der Waals surface area contributed by atoms with E-state index in [-0.39, 0.29) is 12.2 Å². The van der Waals surface area contributed by atoms with Crippen molar-refractivity contribution in [3.05, 3.63) is 131 Å². The maximum Gasteiger partial charge on any atom is 0.119 e. The molecule has 56 heavy (non-hydrogen) atoms. The quantitative estimate of drug-likeness (QED) is 0.0706. The summed E-state index contributed by atoms with van der Waals surface area (Å²) >= 11 is 0. The normalized spacial score (nSPS) is 21.0. The van der Waals surface area contributed by atoms with E-state index in [0.29, 0.717) is 13.2 Å². The van der Waals surface area contributed by atoms with Crippen LogP contribution in [-0.2, 0) is 22.7 Å². The van der Waals surface area contributed by atoms with Gasteiger partial charge in [0.1, 0.15) is 23.7 Å². The third-order valence-electron chi connectivity index (χ3n) is 12.6. The fourth-order valence-electron chi connectivity index (χ4n) is 9.30. The average Bonchev–Trinajstić information content (AvgIpc) is 3.25. The molecule has 4 nitrogen and oxygen atoms in total. The van der Waals surface area contributed by atoms with Crippen molar-refractivity contribution >= 4 is 0 Å². The van der Waals surface area contributed by atoms with Crippen molar-refractivity contribution in [2.24, 2.45) is 23.7 Å². The molecule has 302 valence electrons. The highest BCUT2D eigenvalue weighted by Gasteiger charge is 2.27. The van der Waals surface area contributed by atoms with Gasteiger partial charge in [0.2, 0.25) is 0 Å². The lowest BCUT2D eigenvalue weighted by Gasteiger charge is -2.29. The molecule has 0 spiro atoms. The zero-order valence-electron chi connectivity index (χ0n) is 34.6. The van der Waals surface area contributed by atoms with E-state index in [0.717, 1.165) is 83.5 Å². The van der Waals surface area contributed by atoms with E-state index in [9.17, 15) is 0 Å². The number of benzene rings is 4. The van der Waals surface area contributed by atoms with Crippen LogP contribution in [0.3, 0.4) is 0 Å². The number of rotatable bonds is 23. The second-order valence-corrected chi connectivity index (χ2v) is 16.9. The molecule has 2 unspecified atom stereocenters. The van der Waals surface area contributed by atoms with Crippen molar-refractivity contribution < 1.29 is 18.9 Å². The Morgan fingerprint density at radius 3 is 1.11 bits per heavy atom. The van der Waals surface area contributed by atoms with Gasteiger partial charge < -0.3 is 18.9 Å². The van der Waals surface area contributed by atoms with Crippen molar-refractivity contribution in [2.75, 3.05) is 13.2 Å². The van der Waals surface area contributed by atoms with Gasteiger partial charge in [-0.3, -0.25) is 0 Å². The molecular formula is C52H70O4. The minimum Gasteiger partial charge on any atom is -0.494 e. The molecule has 0 aromatic heterocycles. The standard InChI is InChI=1S/C52H70O4/c1-3-13-41-21-25-43(26-22-41)15-11-37-53-49-33-29-45(30-34-49)39-55-51(47-17-7-5-8-18-47)52(48-19-9-6-10-20-48)56-40-46-31-35-50(36-32-46)54-38-12-16-44-27-23-42(14-4-2)24-28-44/h5-10,17-20,29-36,41-44,51-52H,3-4,11-16,21-28,37-40H2,1-2H3. The highest BCUT2D eigenvalue weighted by molar-refractivity contribution is 5.29. The average molecular weight is 759 g/mol. The molecule has 0 radical (unpaired) electrons. The maximum absolute atomic E-state index is 6.80. The molecule has 0 saturated heterocycles. The van der Waals surface area contributed by atoms with Crippen molar-refractivity contribution in [3.63, 3.8) is 0 Å². The molecule has 2 aliphatic carbocycles. The summed E-state index contributed by atoms with van der Waals surface area (Å²) in [5.41, 5.74) is 4.42. The SMILES string of the molecule is CCCC1CCC(CCCOc2ccc(COC(c3ccccc3)C(OCc3ccc(OCCCC4CCC(CCC)CC4)cc3)c3ccccc3)cc2)CC1. The molecule has 0 aliphatic heterocycles. The van der Waals surface area contributed by atoms with E-state index in [2.05, 4.69) is 123 Å². The van der Waals surface area contributed by atoms with Crippen LogP contribution in [0, 0.1) is 23.7 Å². The first-order chi connectivity index (χ1) is 27.7. The Morgan fingerprint density at radius 2 is 0.768 bits per heavy atom. The Morgan fingerprint density at radius 1 is 0.429 bits per heavy atom. The predicted molar refractivity (Wildman–Crippen MR) is 231 cm³/mol. The molecule has 4 aromatic rings. The smallest absolute Gasteiger partial charge is 0.119 e. The minimum absolute atomic E-state index is 0.295. The Balaban J connectivity index is 0.988. The Labute approximate surface area is 339 Å². The minimum atomic E-state index is -0.295. The molecule has 2 atom stereocenters. The largest absolute Gasteiger partial charge is 0.494 e. The summed E-state index contributed by atoms with van der Waals surface area (Å²) in [6, 6.07) is 37.9. The third kappa shape index (κ3) is 13.8. The van der Waals surface area contributed by atoms with Gasteiger partial charge in [0.05, 0.1) is 26.4 Å². The van der Waals surface area contributed by atoms with Crippen LogP contribution in [0.15, 0.2) is 109 Å². The molecule has 0 amide bonds. The van der Waals surface area contributed by atoms with E-state index >= 15 is 0 Å². The van der Waals surface area contributed by atoms with E-state index in [1.165, 1.54) is 89.9 Å². The fraction of sp³-hybridized carbons (Fsp3) is 0.538. The van der Waals surface area contributed by atoms with Crippen LogP contribution in [0.25, 0.3) is 0 Å².